The predicted octanol–water partition coefficient (Wildman–Crippen LogP) is 1.64. The van der Waals surface area contributed by atoms with Crippen molar-refractivity contribution in [3.05, 3.63) is 28.7 Å². The van der Waals surface area contributed by atoms with E-state index in [0.29, 0.717) is 4.90 Å². The van der Waals surface area contributed by atoms with Gasteiger partial charge in [-0.05, 0) is 24.3 Å². The number of rotatable bonds is 3. The van der Waals surface area contributed by atoms with Gasteiger partial charge in [0.15, 0.2) is 0 Å². The summed E-state index contributed by atoms with van der Waals surface area (Å²) in [4.78, 5) is 10.8. The molecule has 0 aromatic heterocycles. The van der Waals surface area contributed by atoms with E-state index in [1.54, 1.807) is 24.3 Å². The predicted molar refractivity (Wildman–Crippen MR) is 53.1 cm³/mol. The van der Waals surface area contributed by atoms with Gasteiger partial charge in [0, 0.05) is 9.37 Å². The first-order valence-electron chi connectivity index (χ1n) is 3.45. The summed E-state index contributed by atoms with van der Waals surface area (Å²) in [5.41, 5.74) is 0. The Labute approximate surface area is 86.4 Å². The molecule has 3 nitrogen and oxygen atoms in total. The smallest absolute Gasteiger partial charge is 0.316 e. The Hall–Kier alpha value is -0.680. The molecule has 1 aromatic rings. The van der Waals surface area contributed by atoms with Crippen molar-refractivity contribution >= 4 is 32.7 Å². The van der Waals surface area contributed by atoms with E-state index in [1.165, 1.54) is 0 Å². The van der Waals surface area contributed by atoms with Gasteiger partial charge in [0.05, 0.1) is 10.8 Å². The molecular weight excluding hydrogens is 256 g/mol. The van der Waals surface area contributed by atoms with Gasteiger partial charge in [0.25, 0.3) is 0 Å². The minimum absolute atomic E-state index is 0.346. The van der Waals surface area contributed by atoms with E-state index >= 15 is 0 Å². The van der Waals surface area contributed by atoms with Crippen LogP contribution in [-0.4, -0.2) is 21.0 Å². The molecule has 0 saturated carbocycles. The minimum Gasteiger partial charge on any atom is -0.481 e. The summed E-state index contributed by atoms with van der Waals surface area (Å²) in [7, 11) is -1.44. The summed E-state index contributed by atoms with van der Waals surface area (Å²) in [5, 5.41) is 8.40. The second-order valence-electron chi connectivity index (χ2n) is 2.34. The standard InChI is InChI=1S/C8H7BrO3S/c9-6-1-3-7(4-2-6)13(12)5-8(10)11/h1-4H,5H2,(H,10,11). The lowest BCUT2D eigenvalue weighted by Gasteiger charge is -1.98. The summed E-state index contributed by atoms with van der Waals surface area (Å²) in [6.07, 6.45) is 0. The Morgan fingerprint density at radius 1 is 1.38 bits per heavy atom. The van der Waals surface area contributed by atoms with Crippen LogP contribution in [0.25, 0.3) is 0 Å². The Morgan fingerprint density at radius 2 is 1.92 bits per heavy atom. The minimum atomic E-state index is -1.44. The fourth-order valence-electron chi connectivity index (χ4n) is 0.782. The van der Waals surface area contributed by atoms with Gasteiger partial charge < -0.3 is 5.11 Å². The van der Waals surface area contributed by atoms with Crippen molar-refractivity contribution in [3.63, 3.8) is 0 Å². The number of hydrogen-bond acceptors (Lipinski definition) is 2. The number of carbonyl (C=O) groups is 1. The maximum absolute atomic E-state index is 11.3. The van der Waals surface area contributed by atoms with Crippen molar-refractivity contribution in [1.82, 2.24) is 0 Å². The lowest BCUT2D eigenvalue weighted by atomic mass is 10.4. The van der Waals surface area contributed by atoms with Crippen LogP contribution in [0.15, 0.2) is 33.6 Å². The highest BCUT2D eigenvalue weighted by Gasteiger charge is 2.07. The normalized spacial score (nSPS) is 12.4. The van der Waals surface area contributed by atoms with Gasteiger partial charge >= 0.3 is 5.97 Å². The van der Waals surface area contributed by atoms with E-state index in [1.807, 2.05) is 0 Å². The van der Waals surface area contributed by atoms with Crippen LogP contribution < -0.4 is 0 Å². The van der Waals surface area contributed by atoms with Crippen molar-refractivity contribution in [2.24, 2.45) is 0 Å². The third-order valence-corrected chi connectivity index (χ3v) is 3.17. The van der Waals surface area contributed by atoms with Gasteiger partial charge in [-0.2, -0.15) is 0 Å². The third kappa shape index (κ3) is 3.28. The molecule has 5 heteroatoms. The zero-order chi connectivity index (χ0) is 9.84. The molecule has 0 aliphatic heterocycles. The van der Waals surface area contributed by atoms with E-state index in [2.05, 4.69) is 15.9 Å². The molecule has 0 aliphatic carbocycles. The molecule has 0 radical (unpaired) electrons. The first-order valence-corrected chi connectivity index (χ1v) is 5.56. The van der Waals surface area contributed by atoms with E-state index in [4.69, 9.17) is 5.11 Å². The Balaban J connectivity index is 2.78. The zero-order valence-corrected chi connectivity index (χ0v) is 8.97. The second kappa shape index (κ2) is 4.53. The fourth-order valence-corrected chi connectivity index (χ4v) is 1.88. The highest BCUT2D eigenvalue weighted by Crippen LogP contribution is 2.13. The van der Waals surface area contributed by atoms with Gasteiger partial charge in [-0.25, -0.2) is 0 Å². The molecule has 0 fully saturated rings. The monoisotopic (exact) mass is 262 g/mol. The molecule has 70 valence electrons. The quantitative estimate of drug-likeness (QED) is 0.901. The first kappa shape index (κ1) is 10.4. The van der Waals surface area contributed by atoms with Crippen molar-refractivity contribution in [2.45, 2.75) is 4.90 Å². The number of aliphatic carboxylic acids is 1. The lowest BCUT2D eigenvalue weighted by Crippen LogP contribution is -2.08. The summed E-state index contributed by atoms with van der Waals surface area (Å²) in [6.45, 7) is 0. The van der Waals surface area contributed by atoms with E-state index in [-0.39, 0.29) is 5.75 Å². The average molecular weight is 263 g/mol. The average Bonchev–Trinajstić information content (AvgIpc) is 2.04. The van der Waals surface area contributed by atoms with Crippen LogP contribution in [0.3, 0.4) is 0 Å². The first-order chi connectivity index (χ1) is 6.09. The molecule has 0 spiro atoms. The Bertz CT molecular complexity index is 334. The highest BCUT2D eigenvalue weighted by molar-refractivity contribution is 9.10. The van der Waals surface area contributed by atoms with E-state index in [0.717, 1.165) is 4.47 Å². The van der Waals surface area contributed by atoms with E-state index < -0.39 is 16.8 Å². The van der Waals surface area contributed by atoms with Gasteiger partial charge in [0.2, 0.25) is 0 Å². The fraction of sp³-hybridized carbons (Fsp3) is 0.125. The van der Waals surface area contributed by atoms with Crippen LogP contribution in [-0.2, 0) is 15.6 Å². The molecule has 1 aromatic carbocycles. The number of carboxylic acids is 1. The number of carboxylic acid groups (broad SMARTS) is 1. The van der Waals surface area contributed by atoms with E-state index in [9.17, 15) is 9.00 Å². The Morgan fingerprint density at radius 3 is 2.38 bits per heavy atom. The van der Waals surface area contributed by atoms with Crippen molar-refractivity contribution in [1.29, 1.82) is 0 Å². The molecule has 0 bridgehead atoms. The van der Waals surface area contributed by atoms with Crippen molar-refractivity contribution < 1.29 is 14.1 Å². The zero-order valence-electron chi connectivity index (χ0n) is 6.57. The topological polar surface area (TPSA) is 54.4 Å². The maximum Gasteiger partial charge on any atom is 0.316 e. The van der Waals surface area contributed by atoms with Crippen LogP contribution in [0, 0.1) is 0 Å². The molecule has 13 heavy (non-hydrogen) atoms. The third-order valence-electron chi connectivity index (χ3n) is 1.33. The second-order valence-corrected chi connectivity index (χ2v) is 4.70. The maximum atomic E-state index is 11.3. The number of halogens is 1. The molecule has 1 unspecified atom stereocenters. The van der Waals surface area contributed by atoms with Crippen LogP contribution in [0.1, 0.15) is 0 Å². The van der Waals surface area contributed by atoms with Crippen LogP contribution >= 0.6 is 15.9 Å². The molecule has 0 aliphatic rings. The molecule has 1 rings (SSSR count). The van der Waals surface area contributed by atoms with Crippen LogP contribution in [0.5, 0.6) is 0 Å². The van der Waals surface area contributed by atoms with Gasteiger partial charge in [-0.3, -0.25) is 9.00 Å². The largest absolute Gasteiger partial charge is 0.481 e. The van der Waals surface area contributed by atoms with Crippen LogP contribution in [0.4, 0.5) is 0 Å². The molecule has 0 heterocycles. The number of hydrogen-bond donors (Lipinski definition) is 1. The molecular formula is C8H7BrO3S. The SMILES string of the molecule is O=C(O)CS(=O)c1ccc(Br)cc1. The van der Waals surface area contributed by atoms with Crippen LogP contribution in [0.2, 0.25) is 0 Å². The van der Waals surface area contributed by atoms with Gasteiger partial charge in [0.1, 0.15) is 5.75 Å². The van der Waals surface area contributed by atoms with Crippen molar-refractivity contribution in [2.75, 3.05) is 5.75 Å². The summed E-state index contributed by atoms with van der Waals surface area (Å²) in [6, 6.07) is 6.75. The Kier molecular flexibility index (Phi) is 3.62. The lowest BCUT2D eigenvalue weighted by molar-refractivity contribution is -0.133. The van der Waals surface area contributed by atoms with Gasteiger partial charge in [-0.15, -0.1) is 0 Å². The molecule has 0 saturated heterocycles. The number of benzene rings is 1. The summed E-state index contributed by atoms with van der Waals surface area (Å²) < 4.78 is 12.2. The summed E-state index contributed by atoms with van der Waals surface area (Å²) >= 11 is 3.23. The molecule has 1 N–H and O–H groups in total. The molecule has 0 amide bonds. The molecule has 1 atom stereocenters. The summed E-state index contributed by atoms with van der Waals surface area (Å²) in [5.74, 6) is -1.40. The van der Waals surface area contributed by atoms with Crippen molar-refractivity contribution in [3.8, 4) is 0 Å². The highest BCUT2D eigenvalue weighted by atomic mass is 79.9. The van der Waals surface area contributed by atoms with Gasteiger partial charge in [-0.1, -0.05) is 15.9 Å².